The number of carbonyl (C=O) groups excluding carboxylic acids is 1. The lowest BCUT2D eigenvalue weighted by Crippen LogP contribution is -2.46. The fourth-order valence-corrected chi connectivity index (χ4v) is 3.69. The van der Waals surface area contributed by atoms with Crippen molar-refractivity contribution in [3.05, 3.63) is 66.0 Å². The molecule has 2 aromatic heterocycles. The minimum atomic E-state index is -0.362. The van der Waals surface area contributed by atoms with Gasteiger partial charge in [-0.15, -0.1) is 0 Å². The molecule has 1 aliphatic carbocycles. The highest BCUT2D eigenvalue weighted by atomic mass is 16.5. The number of hydrazone groups is 1. The minimum absolute atomic E-state index is 0.151. The first-order valence-corrected chi connectivity index (χ1v) is 10.4. The lowest BCUT2D eigenvalue weighted by Gasteiger charge is -2.22. The molecule has 3 aromatic rings. The van der Waals surface area contributed by atoms with Gasteiger partial charge in [-0.25, -0.2) is 10.8 Å². The first-order valence-electron chi connectivity index (χ1n) is 10.4. The maximum atomic E-state index is 13.0. The molecule has 2 aliphatic rings. The maximum absolute atomic E-state index is 13.0. The van der Waals surface area contributed by atoms with Gasteiger partial charge < -0.3 is 20.5 Å². The Morgan fingerprint density at radius 3 is 2.91 bits per heavy atom. The first-order chi connectivity index (χ1) is 15.5. The quantitative estimate of drug-likeness (QED) is 0.423. The number of carbonyl (C=O) groups is 1. The number of amidine groups is 1. The second kappa shape index (κ2) is 7.97. The normalized spacial score (nSPS) is 19.2. The Bertz CT molecular complexity index is 1200. The van der Waals surface area contributed by atoms with E-state index in [1.165, 1.54) is 17.9 Å². The van der Waals surface area contributed by atoms with Crippen molar-refractivity contribution in [3.8, 4) is 11.4 Å². The maximum Gasteiger partial charge on any atom is 0.274 e. The molecular formula is C22H24N8O2. The third kappa shape index (κ3) is 3.65. The molecule has 1 fully saturated rings. The number of amides is 1. The molecule has 1 amide bonds. The number of nitrogens with two attached hydrogens (primary N) is 2. The van der Waals surface area contributed by atoms with Crippen LogP contribution < -0.4 is 21.7 Å². The third-order valence-electron chi connectivity index (χ3n) is 5.69. The van der Waals surface area contributed by atoms with Crippen molar-refractivity contribution < 1.29 is 9.53 Å². The Morgan fingerprint density at radius 1 is 1.28 bits per heavy atom. The van der Waals surface area contributed by atoms with E-state index in [0.29, 0.717) is 35.4 Å². The van der Waals surface area contributed by atoms with Gasteiger partial charge in [-0.05, 0) is 44.0 Å². The van der Waals surface area contributed by atoms with E-state index < -0.39 is 0 Å². The van der Waals surface area contributed by atoms with Crippen LogP contribution in [0.2, 0.25) is 0 Å². The fourth-order valence-electron chi connectivity index (χ4n) is 3.69. The van der Waals surface area contributed by atoms with E-state index in [4.69, 9.17) is 16.4 Å². The van der Waals surface area contributed by atoms with E-state index >= 15 is 0 Å². The highest BCUT2D eigenvalue weighted by molar-refractivity contribution is 6.07. The second-order valence-corrected chi connectivity index (χ2v) is 8.04. The average molecular weight is 432 g/mol. The van der Waals surface area contributed by atoms with Crippen LogP contribution in [-0.4, -0.2) is 43.9 Å². The number of pyridine rings is 1. The molecule has 3 heterocycles. The zero-order valence-electron chi connectivity index (χ0n) is 17.6. The molecule has 32 heavy (non-hydrogen) atoms. The lowest BCUT2D eigenvalue weighted by atomic mass is 10.1. The van der Waals surface area contributed by atoms with Gasteiger partial charge in [0.2, 0.25) is 0 Å². The highest BCUT2D eigenvalue weighted by Gasteiger charge is 2.28. The summed E-state index contributed by atoms with van der Waals surface area (Å²) in [5.41, 5.74) is 3.26. The number of aromatic nitrogens is 3. The number of hydrazine groups is 1. The van der Waals surface area contributed by atoms with Crippen LogP contribution in [0.5, 0.6) is 5.75 Å². The number of nitrogens with zero attached hydrogens (tertiary/aromatic N) is 5. The number of fused-ring (bicyclic) bond motifs is 1. The summed E-state index contributed by atoms with van der Waals surface area (Å²) in [6.45, 7) is 2.21. The van der Waals surface area contributed by atoms with Gasteiger partial charge in [-0.3, -0.25) is 14.8 Å². The molecular weight excluding hydrogens is 408 g/mol. The predicted molar refractivity (Wildman–Crippen MR) is 119 cm³/mol. The molecule has 5 N–H and O–H groups in total. The van der Waals surface area contributed by atoms with Gasteiger partial charge in [0.1, 0.15) is 12.3 Å². The SMILES string of the molecule is CC1COc2c(NC(=O)c3cc(-n4cnc(C5CC5)c4)ccn3)cccc2/C(=N/N)N1N. The zero-order valence-corrected chi connectivity index (χ0v) is 17.6. The number of hydrogen-bond donors (Lipinski definition) is 3. The molecule has 1 aromatic carbocycles. The fraction of sp³-hybridized carbons (Fsp3) is 0.273. The molecule has 0 spiro atoms. The summed E-state index contributed by atoms with van der Waals surface area (Å²) in [7, 11) is 0. The number of hydrogen-bond acceptors (Lipinski definition) is 7. The van der Waals surface area contributed by atoms with E-state index in [1.807, 2.05) is 23.8 Å². The second-order valence-electron chi connectivity index (χ2n) is 8.04. The Balaban J connectivity index is 1.42. The Labute approximate surface area is 184 Å². The van der Waals surface area contributed by atoms with Crippen LogP contribution in [0.25, 0.3) is 5.69 Å². The largest absolute Gasteiger partial charge is 0.488 e. The van der Waals surface area contributed by atoms with Gasteiger partial charge in [-0.2, -0.15) is 5.10 Å². The Kier molecular flexibility index (Phi) is 4.98. The first kappa shape index (κ1) is 20.0. The number of rotatable bonds is 4. The van der Waals surface area contributed by atoms with Crippen molar-refractivity contribution in [2.24, 2.45) is 16.8 Å². The van der Waals surface area contributed by atoms with Crippen LogP contribution in [0.4, 0.5) is 5.69 Å². The summed E-state index contributed by atoms with van der Waals surface area (Å²) in [5, 5.41) is 8.18. The number of para-hydroxylation sites is 1. The van der Waals surface area contributed by atoms with Gasteiger partial charge in [0.25, 0.3) is 5.91 Å². The third-order valence-corrected chi connectivity index (χ3v) is 5.69. The van der Waals surface area contributed by atoms with Crippen molar-refractivity contribution in [2.45, 2.75) is 31.7 Å². The zero-order chi connectivity index (χ0) is 22.2. The highest BCUT2D eigenvalue weighted by Crippen LogP contribution is 2.39. The van der Waals surface area contributed by atoms with Crippen molar-refractivity contribution in [3.63, 3.8) is 0 Å². The monoisotopic (exact) mass is 432 g/mol. The molecule has 0 bridgehead atoms. The molecule has 1 aliphatic heterocycles. The van der Waals surface area contributed by atoms with E-state index in [-0.39, 0.29) is 17.6 Å². The lowest BCUT2D eigenvalue weighted by molar-refractivity contribution is 0.102. The molecule has 0 saturated heterocycles. The molecule has 1 saturated carbocycles. The number of nitrogens with one attached hydrogen (secondary N) is 1. The summed E-state index contributed by atoms with van der Waals surface area (Å²) < 4.78 is 7.86. The topological polar surface area (TPSA) is 137 Å². The van der Waals surface area contributed by atoms with Crippen molar-refractivity contribution in [1.82, 2.24) is 19.5 Å². The van der Waals surface area contributed by atoms with E-state index in [1.54, 1.807) is 36.8 Å². The van der Waals surface area contributed by atoms with Crippen LogP contribution in [0.3, 0.4) is 0 Å². The molecule has 10 heteroatoms. The summed E-state index contributed by atoms with van der Waals surface area (Å²) >= 11 is 0. The molecule has 10 nitrogen and oxygen atoms in total. The van der Waals surface area contributed by atoms with Crippen LogP contribution in [-0.2, 0) is 0 Å². The number of imidazole rings is 1. The minimum Gasteiger partial charge on any atom is -0.488 e. The number of anilines is 1. The van der Waals surface area contributed by atoms with E-state index in [9.17, 15) is 4.79 Å². The van der Waals surface area contributed by atoms with Crippen LogP contribution >= 0.6 is 0 Å². The Hall–Kier alpha value is -3.92. The average Bonchev–Trinajstić information content (AvgIpc) is 3.56. The van der Waals surface area contributed by atoms with Gasteiger partial charge in [-0.1, -0.05) is 6.07 Å². The standard InChI is InChI=1S/C22H24N8O2/c1-13-11-32-20-16(21(28-23)30(13)24)3-2-4-17(20)27-22(31)18-9-15(7-8-25-18)29-10-19(26-12-29)14-5-6-14/h2-4,7-10,12-14H,5-6,11,23-24H2,1H3,(H,27,31)/b28-21-. The molecule has 1 unspecified atom stereocenters. The molecule has 164 valence electrons. The predicted octanol–water partition coefficient (Wildman–Crippen LogP) is 1.97. The smallest absolute Gasteiger partial charge is 0.274 e. The molecule has 0 radical (unpaired) electrons. The van der Waals surface area contributed by atoms with Crippen LogP contribution in [0.1, 0.15) is 47.4 Å². The summed E-state index contributed by atoms with van der Waals surface area (Å²) in [6, 6.07) is 8.75. The van der Waals surface area contributed by atoms with Crippen molar-refractivity contribution in [2.75, 3.05) is 11.9 Å². The Morgan fingerprint density at radius 2 is 2.12 bits per heavy atom. The summed E-state index contributed by atoms with van der Waals surface area (Å²) in [4.78, 5) is 21.7. The van der Waals surface area contributed by atoms with Gasteiger partial charge >= 0.3 is 0 Å². The molecule has 1 atom stereocenters. The van der Waals surface area contributed by atoms with Gasteiger partial charge in [0, 0.05) is 18.3 Å². The number of benzene rings is 1. The van der Waals surface area contributed by atoms with Crippen LogP contribution in [0.15, 0.2) is 54.2 Å². The van der Waals surface area contributed by atoms with Crippen molar-refractivity contribution >= 4 is 17.4 Å². The summed E-state index contributed by atoms with van der Waals surface area (Å²) in [6.07, 6.45) is 7.75. The van der Waals surface area contributed by atoms with E-state index in [0.717, 1.165) is 11.4 Å². The van der Waals surface area contributed by atoms with Gasteiger partial charge in [0.05, 0.1) is 35.0 Å². The summed E-state index contributed by atoms with van der Waals surface area (Å²) in [5.74, 6) is 12.8. The van der Waals surface area contributed by atoms with Crippen molar-refractivity contribution in [1.29, 1.82) is 0 Å². The van der Waals surface area contributed by atoms with Gasteiger partial charge in [0.15, 0.2) is 11.6 Å². The number of ether oxygens (including phenoxy) is 1. The van der Waals surface area contributed by atoms with E-state index in [2.05, 4.69) is 20.4 Å². The molecule has 5 rings (SSSR count). The van der Waals surface area contributed by atoms with Crippen LogP contribution in [0, 0.1) is 0 Å².